The Labute approximate surface area is 113 Å². The molecule has 0 saturated heterocycles. The summed E-state index contributed by atoms with van der Waals surface area (Å²) < 4.78 is 10.4. The first-order chi connectivity index (χ1) is 9.21. The summed E-state index contributed by atoms with van der Waals surface area (Å²) in [5, 5.41) is 14.6. The summed E-state index contributed by atoms with van der Waals surface area (Å²) >= 11 is 0. The third-order valence-electron chi connectivity index (χ3n) is 2.71. The van der Waals surface area contributed by atoms with E-state index in [-0.39, 0.29) is 5.84 Å². The zero-order valence-corrected chi connectivity index (χ0v) is 11.3. The molecule has 6 heteroatoms. The average Bonchev–Trinajstić information content (AvgIpc) is 2.46. The molecule has 0 heterocycles. The lowest BCUT2D eigenvalue weighted by molar-refractivity contribution is 0.316. The summed E-state index contributed by atoms with van der Waals surface area (Å²) in [7, 11) is 3.24. The number of methoxy groups -OCH3 is 2. The van der Waals surface area contributed by atoms with Crippen LogP contribution in [0.25, 0.3) is 0 Å². The van der Waals surface area contributed by atoms with Gasteiger partial charge in [-0.1, -0.05) is 5.16 Å². The van der Waals surface area contributed by atoms with Gasteiger partial charge in [0, 0.05) is 19.0 Å². The van der Waals surface area contributed by atoms with Gasteiger partial charge in [0.2, 0.25) is 0 Å². The molecule has 0 aliphatic heterocycles. The van der Waals surface area contributed by atoms with Crippen LogP contribution in [0.4, 0.5) is 5.69 Å². The zero-order valence-electron chi connectivity index (χ0n) is 11.3. The summed E-state index contributed by atoms with van der Waals surface area (Å²) in [5.74, 6) is 1.77. The molecule has 0 bridgehead atoms. The molecule has 1 aromatic rings. The number of nitrogens with two attached hydrogens (primary N) is 1. The van der Waals surface area contributed by atoms with Gasteiger partial charge in [0.1, 0.15) is 17.3 Å². The van der Waals surface area contributed by atoms with E-state index < -0.39 is 0 Å². The highest BCUT2D eigenvalue weighted by Crippen LogP contribution is 2.28. The number of ether oxygens (including phenoxy) is 2. The Kier molecular flexibility index (Phi) is 6.35. The maximum absolute atomic E-state index is 8.41. The summed E-state index contributed by atoms with van der Waals surface area (Å²) in [5.41, 5.74) is 6.31. The van der Waals surface area contributed by atoms with Crippen LogP contribution in [-0.2, 0) is 0 Å². The molecule has 0 radical (unpaired) electrons. The minimum absolute atomic E-state index is 0.266. The Hall–Kier alpha value is -2.11. The predicted molar refractivity (Wildman–Crippen MR) is 75.3 cm³/mol. The number of nitrogens with one attached hydrogen (secondary N) is 1. The van der Waals surface area contributed by atoms with Gasteiger partial charge >= 0.3 is 0 Å². The van der Waals surface area contributed by atoms with Crippen molar-refractivity contribution in [2.75, 3.05) is 26.1 Å². The standard InChI is InChI=1S/C13H21N3O3/c1-18-10-6-7-11(12(9-10)19-2)15-8-4-3-5-13(14)16-17/h6-7,9,15,17H,3-5,8H2,1-2H3,(H2,14,16). The predicted octanol–water partition coefficient (Wildman–Crippen LogP) is 2.03. The molecular formula is C13H21N3O3. The van der Waals surface area contributed by atoms with Gasteiger partial charge in [0.25, 0.3) is 0 Å². The van der Waals surface area contributed by atoms with Crippen LogP contribution in [-0.4, -0.2) is 31.8 Å². The fourth-order valence-electron chi connectivity index (χ4n) is 1.65. The topological polar surface area (TPSA) is 89.1 Å². The minimum atomic E-state index is 0.266. The van der Waals surface area contributed by atoms with E-state index in [1.807, 2.05) is 18.2 Å². The van der Waals surface area contributed by atoms with E-state index >= 15 is 0 Å². The first kappa shape index (κ1) is 14.9. The molecule has 0 fully saturated rings. The lowest BCUT2D eigenvalue weighted by atomic mass is 10.2. The van der Waals surface area contributed by atoms with E-state index in [0.717, 1.165) is 36.6 Å². The Morgan fingerprint density at radius 3 is 2.74 bits per heavy atom. The van der Waals surface area contributed by atoms with E-state index in [2.05, 4.69) is 10.5 Å². The SMILES string of the molecule is COc1ccc(NCCCCC(N)=NO)c(OC)c1. The molecule has 0 unspecified atom stereocenters. The minimum Gasteiger partial charge on any atom is -0.497 e. The van der Waals surface area contributed by atoms with Crippen molar-refractivity contribution in [3.63, 3.8) is 0 Å². The van der Waals surface area contributed by atoms with Crippen LogP contribution >= 0.6 is 0 Å². The molecule has 0 spiro atoms. The number of anilines is 1. The monoisotopic (exact) mass is 267 g/mol. The molecule has 1 aromatic carbocycles. The number of nitrogens with zero attached hydrogens (tertiary/aromatic N) is 1. The fraction of sp³-hybridized carbons (Fsp3) is 0.462. The van der Waals surface area contributed by atoms with Crippen molar-refractivity contribution in [1.82, 2.24) is 0 Å². The van der Waals surface area contributed by atoms with E-state index in [1.54, 1.807) is 14.2 Å². The maximum Gasteiger partial charge on any atom is 0.145 e. The van der Waals surface area contributed by atoms with Crippen molar-refractivity contribution in [1.29, 1.82) is 0 Å². The average molecular weight is 267 g/mol. The molecule has 0 aliphatic rings. The summed E-state index contributed by atoms with van der Waals surface area (Å²) in [6.45, 7) is 0.793. The van der Waals surface area contributed by atoms with Crippen LogP contribution in [0.3, 0.4) is 0 Å². The summed E-state index contributed by atoms with van der Waals surface area (Å²) in [4.78, 5) is 0. The Bertz CT molecular complexity index is 422. The largest absolute Gasteiger partial charge is 0.497 e. The molecule has 0 aromatic heterocycles. The molecule has 6 nitrogen and oxygen atoms in total. The van der Waals surface area contributed by atoms with Gasteiger partial charge in [0.05, 0.1) is 19.9 Å². The number of hydrogen-bond donors (Lipinski definition) is 3. The second-order valence-electron chi connectivity index (χ2n) is 4.04. The fourth-order valence-corrected chi connectivity index (χ4v) is 1.65. The van der Waals surface area contributed by atoms with E-state index in [0.29, 0.717) is 6.42 Å². The van der Waals surface area contributed by atoms with Crippen molar-refractivity contribution in [2.45, 2.75) is 19.3 Å². The van der Waals surface area contributed by atoms with Gasteiger partial charge in [-0.05, 0) is 25.0 Å². The van der Waals surface area contributed by atoms with Crippen molar-refractivity contribution >= 4 is 11.5 Å². The first-order valence-corrected chi connectivity index (χ1v) is 6.13. The Morgan fingerprint density at radius 2 is 2.11 bits per heavy atom. The Balaban J connectivity index is 2.40. The molecule has 1 rings (SSSR count). The van der Waals surface area contributed by atoms with Crippen molar-refractivity contribution < 1.29 is 14.7 Å². The molecule has 0 atom stereocenters. The van der Waals surface area contributed by atoms with E-state index in [4.69, 9.17) is 20.4 Å². The number of unbranched alkanes of at least 4 members (excludes halogenated alkanes) is 1. The van der Waals surface area contributed by atoms with Crippen LogP contribution in [0.5, 0.6) is 11.5 Å². The molecular weight excluding hydrogens is 246 g/mol. The third-order valence-corrected chi connectivity index (χ3v) is 2.71. The molecule has 0 aliphatic carbocycles. The van der Waals surface area contributed by atoms with Crippen LogP contribution in [0.1, 0.15) is 19.3 Å². The first-order valence-electron chi connectivity index (χ1n) is 6.13. The quantitative estimate of drug-likeness (QED) is 0.220. The van der Waals surface area contributed by atoms with Gasteiger partial charge < -0.3 is 25.7 Å². The smallest absolute Gasteiger partial charge is 0.145 e. The maximum atomic E-state index is 8.41. The van der Waals surface area contributed by atoms with Gasteiger partial charge in [0.15, 0.2) is 0 Å². The van der Waals surface area contributed by atoms with Crippen LogP contribution in [0.15, 0.2) is 23.4 Å². The summed E-state index contributed by atoms with van der Waals surface area (Å²) in [6, 6.07) is 5.63. The second kappa shape index (κ2) is 8.07. The molecule has 4 N–H and O–H groups in total. The molecule has 0 amide bonds. The van der Waals surface area contributed by atoms with Crippen molar-refractivity contribution in [2.24, 2.45) is 10.9 Å². The molecule has 106 valence electrons. The van der Waals surface area contributed by atoms with Crippen molar-refractivity contribution in [3.8, 4) is 11.5 Å². The van der Waals surface area contributed by atoms with Crippen LogP contribution < -0.4 is 20.5 Å². The number of rotatable bonds is 8. The van der Waals surface area contributed by atoms with Gasteiger partial charge in [-0.15, -0.1) is 0 Å². The zero-order chi connectivity index (χ0) is 14.1. The van der Waals surface area contributed by atoms with Gasteiger partial charge in [-0.2, -0.15) is 0 Å². The number of hydrogen-bond acceptors (Lipinski definition) is 5. The lowest BCUT2D eigenvalue weighted by Crippen LogP contribution is -2.12. The highest BCUT2D eigenvalue weighted by Gasteiger charge is 2.04. The van der Waals surface area contributed by atoms with Crippen LogP contribution in [0, 0.1) is 0 Å². The highest BCUT2D eigenvalue weighted by atomic mass is 16.5. The Morgan fingerprint density at radius 1 is 1.32 bits per heavy atom. The summed E-state index contributed by atoms with van der Waals surface area (Å²) in [6.07, 6.45) is 2.38. The normalized spacial score (nSPS) is 11.2. The second-order valence-corrected chi connectivity index (χ2v) is 4.04. The number of benzene rings is 1. The third kappa shape index (κ3) is 4.95. The lowest BCUT2D eigenvalue weighted by Gasteiger charge is -2.12. The van der Waals surface area contributed by atoms with E-state index in [1.165, 1.54) is 0 Å². The number of amidine groups is 1. The van der Waals surface area contributed by atoms with Gasteiger partial charge in [-0.3, -0.25) is 0 Å². The highest BCUT2D eigenvalue weighted by molar-refractivity contribution is 5.79. The van der Waals surface area contributed by atoms with Gasteiger partial charge in [-0.25, -0.2) is 0 Å². The molecule has 0 saturated carbocycles. The van der Waals surface area contributed by atoms with E-state index in [9.17, 15) is 0 Å². The van der Waals surface area contributed by atoms with Crippen molar-refractivity contribution in [3.05, 3.63) is 18.2 Å². The van der Waals surface area contributed by atoms with Crippen LogP contribution in [0.2, 0.25) is 0 Å². The molecule has 19 heavy (non-hydrogen) atoms. The number of oxime groups is 1.